The minimum atomic E-state index is -0.503. The Kier molecular flexibility index (Phi) is 4.38. The Bertz CT molecular complexity index is 537. The van der Waals surface area contributed by atoms with Crippen LogP contribution in [0.3, 0.4) is 0 Å². The molecule has 1 unspecified atom stereocenters. The van der Waals surface area contributed by atoms with Crippen LogP contribution in [-0.2, 0) is 0 Å². The first kappa shape index (κ1) is 14.1. The van der Waals surface area contributed by atoms with Crippen LogP contribution in [0.1, 0.15) is 12.8 Å². The van der Waals surface area contributed by atoms with Gasteiger partial charge < -0.3 is 9.47 Å². The number of nitro groups is 1. The van der Waals surface area contributed by atoms with E-state index in [4.69, 9.17) is 14.7 Å². The van der Waals surface area contributed by atoms with Crippen LogP contribution in [0.15, 0.2) is 18.2 Å². The van der Waals surface area contributed by atoms with Gasteiger partial charge in [0, 0.05) is 12.1 Å². The topological polar surface area (TPSA) is 97.4 Å². The second kappa shape index (κ2) is 6.21. The highest BCUT2D eigenvalue weighted by Crippen LogP contribution is 2.31. The minimum absolute atomic E-state index is 0.0792. The first-order valence-corrected chi connectivity index (χ1v) is 6.25. The third kappa shape index (κ3) is 3.59. The maximum absolute atomic E-state index is 10.7. The summed E-state index contributed by atoms with van der Waals surface area (Å²) < 4.78 is 10.6. The smallest absolute Gasteiger partial charge is 0.273 e. The van der Waals surface area contributed by atoms with Gasteiger partial charge in [0.05, 0.1) is 24.2 Å². The standard InChI is InChI=1S/C13H15N3O4/c1-19-12-5-4-11(16(17)18)6-13(12)20-8-10(7-14)15-9-2-3-9/h4-6,9-10,15H,2-3,8H2,1H3. The number of methoxy groups -OCH3 is 1. The molecule has 1 fully saturated rings. The lowest BCUT2D eigenvalue weighted by atomic mass is 10.2. The molecule has 0 aromatic heterocycles. The molecule has 0 amide bonds. The summed E-state index contributed by atoms with van der Waals surface area (Å²) in [5, 5.41) is 22.9. The van der Waals surface area contributed by atoms with Crippen LogP contribution in [0.4, 0.5) is 5.69 Å². The van der Waals surface area contributed by atoms with Gasteiger partial charge in [-0.15, -0.1) is 0 Å². The Labute approximate surface area is 116 Å². The van der Waals surface area contributed by atoms with Crippen molar-refractivity contribution < 1.29 is 14.4 Å². The average molecular weight is 277 g/mol. The summed E-state index contributed by atoms with van der Waals surface area (Å²) in [6, 6.07) is 6.17. The molecule has 7 heteroatoms. The Hall–Kier alpha value is -2.33. The number of benzene rings is 1. The molecule has 0 spiro atoms. The number of nitro benzene ring substituents is 1. The van der Waals surface area contributed by atoms with E-state index >= 15 is 0 Å². The van der Waals surface area contributed by atoms with Gasteiger partial charge in [0.25, 0.3) is 5.69 Å². The molecule has 1 N–H and O–H groups in total. The predicted molar refractivity (Wildman–Crippen MR) is 70.7 cm³/mol. The molecule has 1 saturated carbocycles. The van der Waals surface area contributed by atoms with E-state index in [2.05, 4.69) is 11.4 Å². The van der Waals surface area contributed by atoms with Gasteiger partial charge >= 0.3 is 0 Å². The molecule has 106 valence electrons. The third-order valence-corrected chi connectivity index (χ3v) is 2.93. The zero-order valence-electron chi connectivity index (χ0n) is 11.0. The molecule has 0 radical (unpaired) electrons. The van der Waals surface area contributed by atoms with E-state index in [9.17, 15) is 10.1 Å². The van der Waals surface area contributed by atoms with Gasteiger partial charge in [-0.25, -0.2) is 0 Å². The third-order valence-electron chi connectivity index (χ3n) is 2.93. The summed E-state index contributed by atoms with van der Waals surface area (Å²) in [5.74, 6) is 0.665. The Morgan fingerprint density at radius 1 is 1.55 bits per heavy atom. The van der Waals surface area contributed by atoms with Crippen molar-refractivity contribution in [3.8, 4) is 17.6 Å². The predicted octanol–water partition coefficient (Wildman–Crippen LogP) is 1.63. The average Bonchev–Trinajstić information content (AvgIpc) is 3.26. The van der Waals surface area contributed by atoms with Crippen LogP contribution in [0, 0.1) is 21.4 Å². The van der Waals surface area contributed by atoms with Crippen molar-refractivity contribution in [3.05, 3.63) is 28.3 Å². The first-order chi connectivity index (χ1) is 9.63. The molecule has 1 aliphatic carbocycles. The van der Waals surface area contributed by atoms with Crippen LogP contribution in [0.5, 0.6) is 11.5 Å². The van der Waals surface area contributed by atoms with Gasteiger partial charge in [0.1, 0.15) is 12.6 Å². The number of hydrogen-bond acceptors (Lipinski definition) is 6. The highest BCUT2D eigenvalue weighted by Gasteiger charge is 2.25. The quantitative estimate of drug-likeness (QED) is 0.601. The van der Waals surface area contributed by atoms with Gasteiger partial charge in [-0.1, -0.05) is 0 Å². The molecule has 20 heavy (non-hydrogen) atoms. The molecule has 1 atom stereocenters. The molecule has 0 aliphatic heterocycles. The summed E-state index contributed by atoms with van der Waals surface area (Å²) >= 11 is 0. The van der Waals surface area contributed by atoms with Crippen molar-refractivity contribution in [2.45, 2.75) is 24.9 Å². The lowest BCUT2D eigenvalue weighted by Crippen LogP contribution is -2.34. The number of hydrogen-bond donors (Lipinski definition) is 1. The van der Waals surface area contributed by atoms with Crippen LogP contribution in [0.25, 0.3) is 0 Å². The van der Waals surface area contributed by atoms with E-state index in [0.29, 0.717) is 11.8 Å². The maximum Gasteiger partial charge on any atom is 0.273 e. The molecule has 7 nitrogen and oxygen atoms in total. The molecule has 0 heterocycles. The van der Waals surface area contributed by atoms with Crippen molar-refractivity contribution in [3.63, 3.8) is 0 Å². The molecule has 1 aliphatic rings. The van der Waals surface area contributed by atoms with Crippen molar-refractivity contribution in [2.24, 2.45) is 0 Å². The van der Waals surface area contributed by atoms with Crippen LogP contribution in [0.2, 0.25) is 0 Å². The van der Waals surface area contributed by atoms with Crippen LogP contribution < -0.4 is 14.8 Å². The molecule has 0 bridgehead atoms. The number of nitriles is 1. The zero-order valence-corrected chi connectivity index (χ0v) is 11.0. The van der Waals surface area contributed by atoms with Crippen LogP contribution >= 0.6 is 0 Å². The number of ether oxygens (including phenoxy) is 2. The molecular formula is C13H15N3O4. The van der Waals surface area contributed by atoms with Gasteiger partial charge in [-0.05, 0) is 18.9 Å². The van der Waals surface area contributed by atoms with Crippen molar-refractivity contribution in [1.82, 2.24) is 5.32 Å². The number of nitrogens with one attached hydrogen (secondary N) is 1. The van der Waals surface area contributed by atoms with E-state index in [1.54, 1.807) is 0 Å². The second-order valence-electron chi connectivity index (χ2n) is 4.53. The number of rotatable bonds is 7. The zero-order chi connectivity index (χ0) is 14.5. The van der Waals surface area contributed by atoms with E-state index < -0.39 is 11.0 Å². The molecule has 2 rings (SSSR count). The fraction of sp³-hybridized carbons (Fsp3) is 0.462. The van der Waals surface area contributed by atoms with E-state index in [-0.39, 0.29) is 18.0 Å². The summed E-state index contributed by atoms with van der Waals surface area (Å²) in [5.41, 5.74) is -0.0792. The highest BCUT2D eigenvalue weighted by atomic mass is 16.6. The molecule has 1 aromatic carbocycles. The Morgan fingerprint density at radius 2 is 2.30 bits per heavy atom. The monoisotopic (exact) mass is 277 g/mol. The SMILES string of the molecule is COc1ccc([N+](=O)[O-])cc1OCC(C#N)NC1CC1. The van der Waals surface area contributed by atoms with E-state index in [1.165, 1.54) is 25.3 Å². The maximum atomic E-state index is 10.7. The molecule has 0 saturated heterocycles. The minimum Gasteiger partial charge on any atom is -0.493 e. The Balaban J connectivity index is 2.04. The van der Waals surface area contributed by atoms with Gasteiger partial charge in [0.2, 0.25) is 0 Å². The normalized spacial score (nSPS) is 15.2. The fourth-order valence-electron chi connectivity index (χ4n) is 1.72. The summed E-state index contributed by atoms with van der Waals surface area (Å²) in [7, 11) is 1.46. The van der Waals surface area contributed by atoms with Crippen LogP contribution in [-0.4, -0.2) is 30.7 Å². The van der Waals surface area contributed by atoms with Crippen molar-refractivity contribution in [1.29, 1.82) is 5.26 Å². The fourth-order valence-corrected chi connectivity index (χ4v) is 1.72. The molecular weight excluding hydrogens is 262 g/mol. The summed E-state index contributed by atoms with van der Waals surface area (Å²) in [6.07, 6.45) is 2.14. The largest absolute Gasteiger partial charge is 0.493 e. The summed E-state index contributed by atoms with van der Waals surface area (Å²) in [4.78, 5) is 10.2. The lowest BCUT2D eigenvalue weighted by molar-refractivity contribution is -0.385. The van der Waals surface area contributed by atoms with E-state index in [1.807, 2.05) is 0 Å². The highest BCUT2D eigenvalue weighted by molar-refractivity contribution is 5.48. The van der Waals surface area contributed by atoms with Crippen molar-refractivity contribution >= 4 is 5.69 Å². The van der Waals surface area contributed by atoms with Gasteiger partial charge in [-0.2, -0.15) is 5.26 Å². The number of nitrogens with zero attached hydrogens (tertiary/aromatic N) is 2. The van der Waals surface area contributed by atoms with Gasteiger partial charge in [0.15, 0.2) is 11.5 Å². The second-order valence-corrected chi connectivity index (χ2v) is 4.53. The summed E-state index contributed by atoms with van der Waals surface area (Å²) in [6.45, 7) is 0.116. The lowest BCUT2D eigenvalue weighted by Gasteiger charge is -2.14. The Morgan fingerprint density at radius 3 is 2.85 bits per heavy atom. The molecule has 1 aromatic rings. The number of non-ortho nitro benzene ring substituents is 1. The van der Waals surface area contributed by atoms with Crippen molar-refractivity contribution in [2.75, 3.05) is 13.7 Å². The van der Waals surface area contributed by atoms with E-state index in [0.717, 1.165) is 12.8 Å². The van der Waals surface area contributed by atoms with Gasteiger partial charge in [-0.3, -0.25) is 15.4 Å². The first-order valence-electron chi connectivity index (χ1n) is 6.25.